The molecule has 8 heavy (non-hydrogen) atoms. The van der Waals surface area contributed by atoms with Crippen LogP contribution in [0.4, 0.5) is 0 Å². The summed E-state index contributed by atoms with van der Waals surface area (Å²) in [6.07, 6.45) is 2.10. The Balaban J connectivity index is 3.44. The van der Waals surface area contributed by atoms with Crippen molar-refractivity contribution in [1.29, 1.82) is 0 Å². The molecule has 0 aromatic rings. The normalized spacial score (nSPS) is 17.4. The molecule has 0 spiro atoms. The maximum absolute atomic E-state index is 10.1. The van der Waals surface area contributed by atoms with Crippen LogP contribution < -0.4 is 0 Å². The van der Waals surface area contributed by atoms with Gasteiger partial charge in [0.2, 0.25) is 0 Å². The van der Waals surface area contributed by atoms with Gasteiger partial charge in [0.25, 0.3) is 0 Å². The molecule has 0 aliphatic heterocycles. The Morgan fingerprint density at radius 2 is 2.25 bits per heavy atom. The van der Waals surface area contributed by atoms with Gasteiger partial charge in [0.15, 0.2) is 0 Å². The first-order chi connectivity index (χ1) is 3.72. The molecule has 0 fully saturated rings. The second-order valence-corrected chi connectivity index (χ2v) is 3.40. The molecule has 0 radical (unpaired) electrons. The van der Waals surface area contributed by atoms with Crippen LogP contribution in [0.5, 0.6) is 0 Å². The summed E-state index contributed by atoms with van der Waals surface area (Å²) in [5.41, 5.74) is 0. The first-order valence-corrected chi connectivity index (χ1v) is 4.06. The number of hydrogen-bond donors (Lipinski definition) is 0. The summed E-state index contributed by atoms with van der Waals surface area (Å²) in [7, 11) is 0. The second kappa shape index (κ2) is 4.30. The van der Waals surface area contributed by atoms with E-state index in [2.05, 4.69) is 36.4 Å². The molecule has 48 valence electrons. The third-order valence-corrected chi connectivity index (χ3v) is 2.84. The molecule has 0 rings (SSSR count). The molecule has 2 atom stereocenters. The number of aldehydes is 1. The van der Waals surface area contributed by atoms with Gasteiger partial charge in [-0.05, 0) is 5.92 Å². The molecular formula is C6H11IO. The van der Waals surface area contributed by atoms with Crippen molar-refractivity contribution in [2.45, 2.75) is 24.2 Å². The first-order valence-electron chi connectivity index (χ1n) is 2.81. The Morgan fingerprint density at radius 1 is 1.75 bits per heavy atom. The number of halogens is 1. The van der Waals surface area contributed by atoms with Crippen LogP contribution in [-0.4, -0.2) is 10.2 Å². The molecule has 2 unspecified atom stereocenters. The van der Waals surface area contributed by atoms with Crippen LogP contribution in [0.25, 0.3) is 0 Å². The van der Waals surface area contributed by atoms with E-state index in [4.69, 9.17) is 0 Å². The smallest absolute Gasteiger partial charge is 0.133 e. The van der Waals surface area contributed by atoms with Crippen LogP contribution in [0.2, 0.25) is 0 Å². The summed E-state index contributed by atoms with van der Waals surface area (Å²) in [5, 5.41) is 0. The molecular weight excluding hydrogens is 215 g/mol. The van der Waals surface area contributed by atoms with Crippen molar-refractivity contribution in [3.63, 3.8) is 0 Å². The van der Waals surface area contributed by atoms with E-state index in [1.807, 2.05) is 0 Å². The van der Waals surface area contributed by atoms with Gasteiger partial charge in [-0.3, -0.25) is 0 Å². The van der Waals surface area contributed by atoms with Gasteiger partial charge in [0.05, 0.1) is 3.92 Å². The molecule has 0 saturated carbocycles. The lowest BCUT2D eigenvalue weighted by Gasteiger charge is -2.07. The molecule has 0 heterocycles. The molecule has 0 aromatic heterocycles. The van der Waals surface area contributed by atoms with Crippen LogP contribution in [0.3, 0.4) is 0 Å². The van der Waals surface area contributed by atoms with E-state index in [1.54, 1.807) is 0 Å². The zero-order valence-electron chi connectivity index (χ0n) is 5.23. The van der Waals surface area contributed by atoms with Crippen molar-refractivity contribution in [3.8, 4) is 0 Å². The van der Waals surface area contributed by atoms with Gasteiger partial charge in [0.1, 0.15) is 6.29 Å². The zero-order valence-corrected chi connectivity index (χ0v) is 7.38. The van der Waals surface area contributed by atoms with E-state index in [-0.39, 0.29) is 3.92 Å². The third-order valence-electron chi connectivity index (χ3n) is 1.32. The number of alkyl halides is 1. The molecule has 1 nitrogen and oxygen atoms in total. The molecule has 0 aliphatic rings. The van der Waals surface area contributed by atoms with Gasteiger partial charge < -0.3 is 4.79 Å². The lowest BCUT2D eigenvalue weighted by molar-refractivity contribution is -0.107. The maximum atomic E-state index is 10.1. The number of rotatable bonds is 3. The summed E-state index contributed by atoms with van der Waals surface area (Å²) < 4.78 is 0.206. The van der Waals surface area contributed by atoms with Gasteiger partial charge in [-0.15, -0.1) is 0 Å². The minimum Gasteiger partial charge on any atom is -0.302 e. The molecule has 0 aliphatic carbocycles. The van der Waals surface area contributed by atoms with Crippen LogP contribution in [0.1, 0.15) is 20.3 Å². The van der Waals surface area contributed by atoms with Gasteiger partial charge in [0, 0.05) is 0 Å². The molecule has 0 aromatic carbocycles. The summed E-state index contributed by atoms with van der Waals surface area (Å²) in [6, 6.07) is 0. The molecule has 0 amide bonds. The van der Waals surface area contributed by atoms with E-state index in [1.165, 1.54) is 0 Å². The Hall–Kier alpha value is 0.400. The first kappa shape index (κ1) is 8.40. The van der Waals surface area contributed by atoms with Crippen molar-refractivity contribution < 1.29 is 4.79 Å². The Bertz CT molecular complexity index is 72.9. The summed E-state index contributed by atoms with van der Waals surface area (Å²) in [6.45, 7) is 4.19. The monoisotopic (exact) mass is 226 g/mol. The summed E-state index contributed by atoms with van der Waals surface area (Å²) in [4.78, 5) is 10.1. The van der Waals surface area contributed by atoms with Gasteiger partial charge in [-0.2, -0.15) is 0 Å². The van der Waals surface area contributed by atoms with Crippen LogP contribution in [0, 0.1) is 5.92 Å². The van der Waals surface area contributed by atoms with E-state index >= 15 is 0 Å². The molecule has 0 bridgehead atoms. The molecule has 0 saturated heterocycles. The minimum absolute atomic E-state index is 0.206. The number of hydrogen-bond acceptors (Lipinski definition) is 1. The van der Waals surface area contributed by atoms with E-state index in [0.717, 1.165) is 12.7 Å². The second-order valence-electron chi connectivity index (χ2n) is 1.97. The highest BCUT2D eigenvalue weighted by molar-refractivity contribution is 14.1. The fourth-order valence-electron chi connectivity index (χ4n) is 0.359. The quantitative estimate of drug-likeness (QED) is 0.408. The molecule has 2 heteroatoms. The van der Waals surface area contributed by atoms with Gasteiger partial charge >= 0.3 is 0 Å². The van der Waals surface area contributed by atoms with Crippen LogP contribution >= 0.6 is 22.6 Å². The Kier molecular flexibility index (Phi) is 4.51. The average Bonchev–Trinajstić information content (AvgIpc) is 1.84. The lowest BCUT2D eigenvalue weighted by atomic mass is 10.1. The standard InChI is InChI=1S/C6H11IO/c1-3-5(2)6(7)4-8/h4-6H,3H2,1-2H3. The van der Waals surface area contributed by atoms with Crippen molar-refractivity contribution in [1.82, 2.24) is 0 Å². The van der Waals surface area contributed by atoms with Crippen LogP contribution in [-0.2, 0) is 4.79 Å². The molecule has 0 N–H and O–H groups in total. The van der Waals surface area contributed by atoms with E-state index in [9.17, 15) is 4.79 Å². The average molecular weight is 226 g/mol. The van der Waals surface area contributed by atoms with E-state index < -0.39 is 0 Å². The highest BCUT2D eigenvalue weighted by Crippen LogP contribution is 2.13. The fourth-order valence-corrected chi connectivity index (χ4v) is 0.868. The third kappa shape index (κ3) is 2.64. The van der Waals surface area contributed by atoms with Gasteiger partial charge in [-0.25, -0.2) is 0 Å². The van der Waals surface area contributed by atoms with Crippen molar-refractivity contribution in [2.24, 2.45) is 5.92 Å². The summed E-state index contributed by atoms with van der Waals surface area (Å²) >= 11 is 2.16. The largest absolute Gasteiger partial charge is 0.302 e. The van der Waals surface area contributed by atoms with Crippen molar-refractivity contribution in [3.05, 3.63) is 0 Å². The Labute approximate surface area is 64.0 Å². The van der Waals surface area contributed by atoms with Crippen LogP contribution in [0.15, 0.2) is 0 Å². The van der Waals surface area contributed by atoms with Crippen molar-refractivity contribution >= 4 is 28.9 Å². The SMILES string of the molecule is CCC(C)C(I)C=O. The minimum atomic E-state index is 0.206. The Morgan fingerprint density at radius 3 is 2.38 bits per heavy atom. The maximum Gasteiger partial charge on any atom is 0.133 e. The summed E-state index contributed by atoms with van der Waals surface area (Å²) in [5.74, 6) is 0.535. The lowest BCUT2D eigenvalue weighted by Crippen LogP contribution is -2.10. The van der Waals surface area contributed by atoms with Crippen molar-refractivity contribution in [2.75, 3.05) is 0 Å². The van der Waals surface area contributed by atoms with Gasteiger partial charge in [-0.1, -0.05) is 42.9 Å². The predicted molar refractivity (Wildman–Crippen MR) is 43.3 cm³/mol. The topological polar surface area (TPSA) is 17.1 Å². The number of carbonyl (C=O) groups excluding carboxylic acids is 1. The fraction of sp³-hybridized carbons (Fsp3) is 0.833. The predicted octanol–water partition coefficient (Wildman–Crippen LogP) is 2.04. The zero-order chi connectivity index (χ0) is 6.57. The highest BCUT2D eigenvalue weighted by Gasteiger charge is 2.08. The highest BCUT2D eigenvalue weighted by atomic mass is 127. The number of carbonyl (C=O) groups is 1. The van der Waals surface area contributed by atoms with E-state index in [0.29, 0.717) is 5.92 Å².